The fourth-order valence-corrected chi connectivity index (χ4v) is 0. The summed E-state index contributed by atoms with van der Waals surface area (Å²) in [4.78, 5) is 0. The minimum absolute atomic E-state index is 0. The Morgan fingerprint density at radius 1 is 1.80 bits per heavy atom. The lowest BCUT2D eigenvalue weighted by Crippen LogP contribution is -1.61. The Kier molecular flexibility index (Phi) is 16.0. The van der Waals surface area contributed by atoms with E-state index in [4.69, 9.17) is 0 Å². The van der Waals surface area contributed by atoms with Crippen LogP contribution < -0.4 is 0 Å². The smallest absolute Gasteiger partial charge is 0.0415 e. The summed E-state index contributed by atoms with van der Waals surface area (Å²) >= 11 is 0. The van der Waals surface area contributed by atoms with E-state index in [0.29, 0.717) is 0 Å². The summed E-state index contributed by atoms with van der Waals surface area (Å²) in [6.07, 6.45) is 0. The molecule has 0 spiro atoms. The van der Waals surface area contributed by atoms with E-state index in [0.717, 1.165) is 0 Å². The average molecular weight is 83.0 g/mol. The number of hydrogen-bond donors (Lipinski definition) is 0. The van der Waals surface area contributed by atoms with Gasteiger partial charge in [-0.3, -0.25) is 0 Å². The van der Waals surface area contributed by atoms with Crippen LogP contribution in [0.1, 0.15) is 0 Å². The van der Waals surface area contributed by atoms with Gasteiger partial charge in [-0.15, -0.1) is 12.3 Å². The summed E-state index contributed by atoms with van der Waals surface area (Å²) in [5.74, 6) is 0. The highest BCUT2D eigenvalue weighted by Crippen LogP contribution is 1.48. The van der Waals surface area contributed by atoms with Gasteiger partial charge < -0.3 is 0 Å². The van der Waals surface area contributed by atoms with Gasteiger partial charge >= 0.3 is 0 Å². The van der Waals surface area contributed by atoms with Crippen LogP contribution in [0.25, 0.3) is 0 Å². The van der Waals surface area contributed by atoms with Crippen LogP contribution in [0.2, 0.25) is 6.55 Å². The van der Waals surface area contributed by atoms with Crippen molar-refractivity contribution in [3.63, 3.8) is 0 Å². The Bertz CT molecular complexity index is 20.9. The molecule has 0 fully saturated rings. The molecule has 27 valence electrons. The molecular weight excluding hydrogens is 74.9 g/mol. The summed E-state index contributed by atoms with van der Waals surface area (Å²) in [6, 6.07) is 0. The standard InChI is InChI=1S/C3H8Si.B/c1-3-4-2;/h3H,1,4H2,2H3;. The Hall–Kier alpha value is 0.0218. The van der Waals surface area contributed by atoms with Crippen molar-refractivity contribution in [1.29, 1.82) is 0 Å². The molecule has 0 saturated heterocycles. The van der Waals surface area contributed by atoms with Gasteiger partial charge in [0.05, 0.1) is 0 Å². The third kappa shape index (κ3) is 15.7. The van der Waals surface area contributed by atoms with E-state index in [1.165, 1.54) is 0 Å². The number of hydrogen-bond acceptors (Lipinski definition) is 0. The highest BCUT2D eigenvalue weighted by molar-refractivity contribution is 6.39. The largest absolute Gasteiger partial charge is 0.109 e. The Morgan fingerprint density at radius 3 is 2.00 bits per heavy atom. The van der Waals surface area contributed by atoms with Crippen LogP contribution in [0.4, 0.5) is 0 Å². The molecule has 0 rings (SSSR count). The lowest BCUT2D eigenvalue weighted by molar-refractivity contribution is 2.26. The quantitative estimate of drug-likeness (QED) is 0.390. The van der Waals surface area contributed by atoms with Gasteiger partial charge in [-0.1, -0.05) is 6.55 Å². The minimum atomic E-state index is 0. The van der Waals surface area contributed by atoms with Crippen molar-refractivity contribution in [1.82, 2.24) is 0 Å². The van der Waals surface area contributed by atoms with E-state index in [1.54, 1.807) is 0 Å². The second-order valence-electron chi connectivity index (χ2n) is 0.697. The Morgan fingerprint density at radius 2 is 2.00 bits per heavy atom. The predicted octanol–water partition coefficient (Wildman–Crippen LogP) is -0.0340. The molecule has 0 unspecified atom stereocenters. The molecule has 0 N–H and O–H groups in total. The third-order valence-corrected chi connectivity index (χ3v) is 0.866. The average Bonchev–Trinajstić information content (AvgIpc) is 1.37. The van der Waals surface area contributed by atoms with Gasteiger partial charge in [-0.2, -0.15) is 0 Å². The minimum Gasteiger partial charge on any atom is -0.109 e. The van der Waals surface area contributed by atoms with Crippen LogP contribution in [-0.2, 0) is 0 Å². The molecule has 0 aromatic rings. The topological polar surface area (TPSA) is 0 Å². The molecule has 0 bridgehead atoms. The maximum atomic E-state index is 3.54. The molecule has 5 heavy (non-hydrogen) atoms. The fourth-order valence-electron chi connectivity index (χ4n) is 0. The van der Waals surface area contributed by atoms with Crippen LogP contribution in [0.5, 0.6) is 0 Å². The molecule has 0 aliphatic rings. The second kappa shape index (κ2) is 8.98. The first-order valence-electron chi connectivity index (χ1n) is 1.52. The summed E-state index contributed by atoms with van der Waals surface area (Å²) in [7, 11) is 0.188. The lowest BCUT2D eigenvalue weighted by atomic mass is 10.8. The first-order chi connectivity index (χ1) is 1.91. The monoisotopic (exact) mass is 83.0 g/mol. The molecule has 0 aliphatic heterocycles. The molecule has 0 amide bonds. The van der Waals surface area contributed by atoms with E-state index in [1.807, 2.05) is 5.70 Å². The van der Waals surface area contributed by atoms with E-state index >= 15 is 0 Å². The zero-order chi connectivity index (χ0) is 3.41. The lowest BCUT2D eigenvalue weighted by Gasteiger charge is -1.55. The van der Waals surface area contributed by atoms with Crippen LogP contribution in [0.3, 0.4) is 0 Å². The van der Waals surface area contributed by atoms with E-state index in [9.17, 15) is 0 Å². The van der Waals surface area contributed by atoms with Crippen LogP contribution in [0.15, 0.2) is 12.3 Å². The first-order valence-corrected chi connectivity index (χ1v) is 3.75. The molecule has 0 aromatic carbocycles. The van der Waals surface area contributed by atoms with Gasteiger partial charge in [-0.05, 0) is 0 Å². The van der Waals surface area contributed by atoms with Gasteiger partial charge in [0.25, 0.3) is 0 Å². The molecule has 0 aliphatic carbocycles. The number of rotatable bonds is 1. The maximum absolute atomic E-state index is 3.54. The highest BCUT2D eigenvalue weighted by Gasteiger charge is 1.48. The van der Waals surface area contributed by atoms with Gasteiger partial charge in [0.2, 0.25) is 0 Å². The van der Waals surface area contributed by atoms with Gasteiger partial charge in [-0.25, -0.2) is 0 Å². The van der Waals surface area contributed by atoms with Crippen molar-refractivity contribution in [3.8, 4) is 0 Å². The molecule has 3 radical (unpaired) electrons. The molecule has 0 nitrogen and oxygen atoms in total. The van der Waals surface area contributed by atoms with E-state index in [2.05, 4.69) is 13.1 Å². The van der Waals surface area contributed by atoms with Crippen molar-refractivity contribution in [2.45, 2.75) is 6.55 Å². The first kappa shape index (κ1) is 8.90. The molecular formula is C3H8BSi. The van der Waals surface area contributed by atoms with Crippen molar-refractivity contribution in [2.75, 3.05) is 0 Å². The molecule has 0 heterocycles. The van der Waals surface area contributed by atoms with Gasteiger partial charge in [0.15, 0.2) is 0 Å². The van der Waals surface area contributed by atoms with E-state index in [-0.39, 0.29) is 17.9 Å². The van der Waals surface area contributed by atoms with Crippen molar-refractivity contribution < 1.29 is 0 Å². The fraction of sp³-hybridized carbons (Fsp3) is 0.333. The maximum Gasteiger partial charge on any atom is 0.0415 e. The van der Waals surface area contributed by atoms with Crippen LogP contribution in [-0.4, -0.2) is 17.9 Å². The predicted molar refractivity (Wildman–Crippen MR) is 30.4 cm³/mol. The Labute approximate surface area is 37.7 Å². The van der Waals surface area contributed by atoms with Crippen LogP contribution >= 0.6 is 0 Å². The summed E-state index contributed by atoms with van der Waals surface area (Å²) in [5.41, 5.74) is 2.01. The van der Waals surface area contributed by atoms with Crippen molar-refractivity contribution in [3.05, 3.63) is 12.3 Å². The molecule has 0 aromatic heterocycles. The second-order valence-corrected chi connectivity index (χ2v) is 2.09. The zero-order valence-corrected chi connectivity index (χ0v) is 4.98. The molecule has 0 atom stereocenters. The van der Waals surface area contributed by atoms with E-state index < -0.39 is 0 Å². The molecule has 0 saturated carbocycles. The summed E-state index contributed by atoms with van der Waals surface area (Å²) in [5, 5.41) is 0. The third-order valence-electron chi connectivity index (χ3n) is 0.289. The SMILES string of the molecule is C=C[SiH2]C.[B]. The van der Waals surface area contributed by atoms with Gasteiger partial charge in [0, 0.05) is 17.9 Å². The van der Waals surface area contributed by atoms with Crippen molar-refractivity contribution >= 4 is 17.9 Å². The Balaban J connectivity index is 0. The normalized spacial score (nSPS) is 7.40. The van der Waals surface area contributed by atoms with Gasteiger partial charge in [0.1, 0.15) is 0 Å². The highest BCUT2D eigenvalue weighted by atomic mass is 28.2. The van der Waals surface area contributed by atoms with Crippen molar-refractivity contribution in [2.24, 2.45) is 0 Å². The molecule has 2 heteroatoms. The zero-order valence-electron chi connectivity index (χ0n) is 3.57. The summed E-state index contributed by atoms with van der Waals surface area (Å²) in [6.45, 7) is 5.74. The van der Waals surface area contributed by atoms with Crippen LogP contribution in [0, 0.1) is 0 Å². The summed E-state index contributed by atoms with van der Waals surface area (Å²) < 4.78 is 0.